The van der Waals surface area contributed by atoms with E-state index in [1.54, 1.807) is 0 Å². The number of hydrogen-bond acceptors (Lipinski definition) is 2. The van der Waals surface area contributed by atoms with Crippen molar-refractivity contribution >= 4 is 23.0 Å². The highest BCUT2D eigenvalue weighted by atomic mass is 32.1. The van der Waals surface area contributed by atoms with Gasteiger partial charge in [-0.15, -0.1) is 0 Å². The van der Waals surface area contributed by atoms with Gasteiger partial charge < -0.3 is 5.32 Å². The van der Waals surface area contributed by atoms with Crippen LogP contribution in [0.1, 0.15) is 39.8 Å². The largest absolute Gasteiger partial charge is 0.335 e. The average molecular weight is 225 g/mol. The quantitative estimate of drug-likeness (QED) is 0.784. The summed E-state index contributed by atoms with van der Waals surface area (Å²) in [4.78, 5) is 0.848. The van der Waals surface area contributed by atoms with E-state index in [2.05, 4.69) is 31.2 Å². The highest BCUT2D eigenvalue weighted by molar-refractivity contribution is 7.80. The molecule has 3 nitrogen and oxygen atoms in total. The molecule has 0 aliphatic rings. The Morgan fingerprint density at radius 3 is 2.60 bits per heavy atom. The maximum absolute atomic E-state index is 5.18. The Balaban J connectivity index is 3.02. The number of thiocarbonyl (C=S) groups is 1. The summed E-state index contributed by atoms with van der Waals surface area (Å²) in [5.41, 5.74) is 0.978. The summed E-state index contributed by atoms with van der Waals surface area (Å²) in [6.07, 6.45) is 0.851. The molecular weight excluding hydrogens is 206 g/mol. The van der Waals surface area contributed by atoms with Gasteiger partial charge in [-0.25, -0.2) is 4.68 Å². The van der Waals surface area contributed by atoms with Crippen molar-refractivity contribution in [3.63, 3.8) is 0 Å². The number of rotatable bonds is 2. The Bertz CT molecular complexity index is 360. The van der Waals surface area contributed by atoms with Crippen LogP contribution >= 0.6 is 12.2 Å². The van der Waals surface area contributed by atoms with E-state index in [1.165, 1.54) is 0 Å². The van der Waals surface area contributed by atoms with Gasteiger partial charge in [-0.2, -0.15) is 5.10 Å². The Kier molecular flexibility index (Phi) is 3.50. The summed E-state index contributed by atoms with van der Waals surface area (Å²) in [5, 5.41) is 7.68. The van der Waals surface area contributed by atoms with Crippen LogP contribution in [-0.2, 0) is 5.54 Å². The van der Waals surface area contributed by atoms with Crippen LogP contribution in [0.15, 0.2) is 6.07 Å². The van der Waals surface area contributed by atoms with Crippen LogP contribution in [0.2, 0.25) is 0 Å². The first-order valence-corrected chi connectivity index (χ1v) is 5.62. The highest BCUT2D eigenvalue weighted by Gasteiger charge is 2.18. The van der Waals surface area contributed by atoms with E-state index in [-0.39, 0.29) is 5.54 Å². The predicted octanol–water partition coefficient (Wildman–Crippen LogP) is 3.10. The molecule has 0 amide bonds. The van der Waals surface area contributed by atoms with Gasteiger partial charge in [-0.3, -0.25) is 0 Å². The summed E-state index contributed by atoms with van der Waals surface area (Å²) in [6, 6.07) is 2.02. The minimum absolute atomic E-state index is 0.0278. The third-order valence-corrected chi connectivity index (χ3v) is 2.45. The van der Waals surface area contributed by atoms with Crippen molar-refractivity contribution < 1.29 is 0 Å². The number of nitrogens with one attached hydrogen (secondary N) is 1. The van der Waals surface area contributed by atoms with Crippen LogP contribution in [0.5, 0.6) is 0 Å². The van der Waals surface area contributed by atoms with Crippen molar-refractivity contribution in [2.24, 2.45) is 0 Å². The number of nitrogens with zero attached hydrogens (tertiary/aromatic N) is 2. The van der Waals surface area contributed by atoms with E-state index < -0.39 is 0 Å². The molecule has 0 aliphatic carbocycles. The fraction of sp³-hybridized carbons (Fsp3) is 0.636. The average Bonchev–Trinajstić information content (AvgIpc) is 2.45. The molecule has 15 heavy (non-hydrogen) atoms. The Hall–Kier alpha value is -0.900. The molecule has 84 valence electrons. The van der Waals surface area contributed by atoms with Gasteiger partial charge >= 0.3 is 0 Å². The lowest BCUT2D eigenvalue weighted by Gasteiger charge is -2.22. The van der Waals surface area contributed by atoms with Crippen molar-refractivity contribution in [2.75, 3.05) is 5.32 Å². The Morgan fingerprint density at radius 2 is 2.13 bits per heavy atom. The van der Waals surface area contributed by atoms with E-state index in [0.29, 0.717) is 0 Å². The van der Waals surface area contributed by atoms with Crippen LogP contribution in [-0.4, -0.2) is 14.8 Å². The fourth-order valence-electron chi connectivity index (χ4n) is 1.33. The van der Waals surface area contributed by atoms with Crippen molar-refractivity contribution in [1.29, 1.82) is 0 Å². The topological polar surface area (TPSA) is 29.9 Å². The van der Waals surface area contributed by atoms with Crippen LogP contribution in [0.4, 0.5) is 5.82 Å². The molecule has 0 spiro atoms. The SMILES string of the molecule is CCC(=S)Nc1cc(C)nn1C(C)(C)C. The van der Waals surface area contributed by atoms with E-state index >= 15 is 0 Å². The molecule has 0 atom stereocenters. The van der Waals surface area contributed by atoms with Crippen LogP contribution in [0.3, 0.4) is 0 Å². The molecule has 1 aromatic rings. The van der Waals surface area contributed by atoms with Gasteiger partial charge in [0.2, 0.25) is 0 Å². The molecule has 0 saturated carbocycles. The van der Waals surface area contributed by atoms with E-state index in [9.17, 15) is 0 Å². The minimum atomic E-state index is -0.0278. The standard InChI is InChI=1S/C11H19N3S/c1-6-10(15)12-9-7-8(2)13-14(9)11(3,4)5/h7H,6H2,1-5H3,(H,12,15). The van der Waals surface area contributed by atoms with E-state index in [1.807, 2.05) is 24.6 Å². The maximum Gasteiger partial charge on any atom is 0.129 e. The minimum Gasteiger partial charge on any atom is -0.335 e. The molecule has 0 bridgehead atoms. The van der Waals surface area contributed by atoms with Gasteiger partial charge in [-0.05, 0) is 34.1 Å². The zero-order valence-electron chi connectivity index (χ0n) is 10.1. The number of aromatic nitrogens is 2. The van der Waals surface area contributed by atoms with Crippen molar-refractivity contribution in [3.05, 3.63) is 11.8 Å². The molecule has 1 heterocycles. The van der Waals surface area contributed by atoms with Gasteiger partial charge in [-0.1, -0.05) is 19.1 Å². The first-order valence-electron chi connectivity index (χ1n) is 5.21. The molecule has 0 saturated heterocycles. The molecule has 0 aromatic carbocycles. The third kappa shape index (κ3) is 3.02. The molecule has 1 N–H and O–H groups in total. The van der Waals surface area contributed by atoms with E-state index in [0.717, 1.165) is 22.9 Å². The first kappa shape index (κ1) is 12.2. The molecule has 4 heteroatoms. The first-order chi connectivity index (χ1) is 6.84. The number of anilines is 1. The molecule has 1 rings (SSSR count). The summed E-state index contributed by atoms with van der Waals surface area (Å²) in [7, 11) is 0. The van der Waals surface area contributed by atoms with Gasteiger partial charge in [0.05, 0.1) is 16.2 Å². The van der Waals surface area contributed by atoms with Gasteiger partial charge in [0.25, 0.3) is 0 Å². The summed E-state index contributed by atoms with van der Waals surface area (Å²) < 4.78 is 1.98. The predicted molar refractivity (Wildman–Crippen MR) is 68.5 cm³/mol. The third-order valence-electron chi connectivity index (χ3n) is 2.06. The van der Waals surface area contributed by atoms with Gasteiger partial charge in [0, 0.05) is 6.07 Å². The van der Waals surface area contributed by atoms with Gasteiger partial charge in [0.1, 0.15) is 5.82 Å². The number of hydrogen-bond donors (Lipinski definition) is 1. The molecule has 0 radical (unpaired) electrons. The fourth-order valence-corrected chi connectivity index (χ4v) is 1.44. The van der Waals surface area contributed by atoms with Crippen molar-refractivity contribution in [2.45, 2.75) is 46.6 Å². The second-order valence-electron chi connectivity index (χ2n) is 4.66. The molecule has 0 unspecified atom stereocenters. The maximum atomic E-state index is 5.18. The summed E-state index contributed by atoms with van der Waals surface area (Å²) >= 11 is 5.18. The number of aryl methyl sites for hydroxylation is 1. The van der Waals surface area contributed by atoms with E-state index in [4.69, 9.17) is 12.2 Å². The lowest BCUT2D eigenvalue weighted by atomic mass is 10.1. The highest BCUT2D eigenvalue weighted by Crippen LogP contribution is 2.21. The smallest absolute Gasteiger partial charge is 0.129 e. The summed E-state index contributed by atoms with van der Waals surface area (Å²) in [5.74, 6) is 0.979. The second kappa shape index (κ2) is 4.31. The summed E-state index contributed by atoms with van der Waals surface area (Å²) in [6.45, 7) is 10.4. The van der Waals surface area contributed by atoms with Gasteiger partial charge in [0.15, 0.2) is 0 Å². The Labute approximate surface area is 96.9 Å². The van der Waals surface area contributed by atoms with Crippen LogP contribution in [0.25, 0.3) is 0 Å². The van der Waals surface area contributed by atoms with Crippen LogP contribution < -0.4 is 5.32 Å². The van der Waals surface area contributed by atoms with Crippen molar-refractivity contribution in [1.82, 2.24) is 9.78 Å². The van der Waals surface area contributed by atoms with Crippen LogP contribution in [0, 0.1) is 6.92 Å². The molecular formula is C11H19N3S. The zero-order chi connectivity index (χ0) is 11.6. The van der Waals surface area contributed by atoms with Crippen molar-refractivity contribution in [3.8, 4) is 0 Å². The molecule has 0 fully saturated rings. The lowest BCUT2D eigenvalue weighted by molar-refractivity contribution is 0.360. The monoisotopic (exact) mass is 225 g/mol. The molecule has 1 aromatic heterocycles. The Morgan fingerprint density at radius 1 is 1.53 bits per heavy atom. The second-order valence-corrected chi connectivity index (χ2v) is 5.15. The normalized spacial score (nSPS) is 11.5. The lowest BCUT2D eigenvalue weighted by Crippen LogP contribution is -2.26. The zero-order valence-corrected chi connectivity index (χ0v) is 10.9. The molecule has 0 aliphatic heterocycles.